The molecule has 1 aromatic carbocycles. The summed E-state index contributed by atoms with van der Waals surface area (Å²) in [5.41, 5.74) is 0.494. The van der Waals surface area contributed by atoms with Crippen molar-refractivity contribution in [3.63, 3.8) is 0 Å². The van der Waals surface area contributed by atoms with Gasteiger partial charge in [0.2, 0.25) is 0 Å². The van der Waals surface area contributed by atoms with Gasteiger partial charge in [0.05, 0.1) is 6.10 Å². The Balaban J connectivity index is 2.03. The molecule has 0 bridgehead atoms. The zero-order valence-corrected chi connectivity index (χ0v) is 10.7. The van der Waals surface area contributed by atoms with E-state index < -0.39 is 17.7 Å². The lowest BCUT2D eigenvalue weighted by Crippen LogP contribution is -2.20. The molecule has 1 aliphatic rings. The van der Waals surface area contributed by atoms with Crippen LogP contribution in [-0.2, 0) is 0 Å². The Labute approximate surface area is 107 Å². The minimum absolute atomic E-state index is 0.178. The quantitative estimate of drug-likeness (QED) is 0.856. The molecule has 100 valence electrons. The van der Waals surface area contributed by atoms with Gasteiger partial charge in [-0.3, -0.25) is 0 Å². The average Bonchev–Trinajstić information content (AvgIpc) is 2.41. The molecule has 0 spiro atoms. The minimum Gasteiger partial charge on any atom is -0.388 e. The van der Waals surface area contributed by atoms with Crippen LogP contribution in [0.3, 0.4) is 0 Å². The molecule has 18 heavy (non-hydrogen) atoms. The summed E-state index contributed by atoms with van der Waals surface area (Å²) in [5, 5.41) is 10.2. The summed E-state index contributed by atoms with van der Waals surface area (Å²) >= 11 is 0. The molecule has 1 nitrogen and oxygen atoms in total. The zero-order chi connectivity index (χ0) is 13.1. The first-order chi connectivity index (χ1) is 8.61. The van der Waals surface area contributed by atoms with Crippen LogP contribution in [0.4, 0.5) is 8.78 Å². The standard InChI is InChI=1S/C15H20F2O/c1-2-10-3-5-11(6-4-10)15(18)12-7-8-13(16)14(17)9-12/h7-11,15,18H,2-6H2,1H3. The van der Waals surface area contributed by atoms with Gasteiger partial charge in [-0.25, -0.2) is 8.78 Å². The van der Waals surface area contributed by atoms with E-state index in [9.17, 15) is 13.9 Å². The summed E-state index contributed by atoms with van der Waals surface area (Å²) in [4.78, 5) is 0. The largest absolute Gasteiger partial charge is 0.388 e. The van der Waals surface area contributed by atoms with E-state index in [-0.39, 0.29) is 5.92 Å². The molecule has 2 rings (SSSR count). The van der Waals surface area contributed by atoms with E-state index in [1.165, 1.54) is 12.5 Å². The Kier molecular flexibility index (Phi) is 4.33. The molecule has 1 aliphatic carbocycles. The molecule has 0 saturated heterocycles. The van der Waals surface area contributed by atoms with E-state index >= 15 is 0 Å². The predicted octanol–water partition coefficient (Wildman–Crippen LogP) is 4.21. The van der Waals surface area contributed by atoms with E-state index in [0.29, 0.717) is 5.56 Å². The second kappa shape index (κ2) is 5.79. The second-order valence-electron chi connectivity index (χ2n) is 5.31. The summed E-state index contributed by atoms with van der Waals surface area (Å²) in [6.45, 7) is 2.19. The zero-order valence-electron chi connectivity index (χ0n) is 10.7. The normalized spacial score (nSPS) is 26.0. The van der Waals surface area contributed by atoms with Crippen molar-refractivity contribution in [2.45, 2.75) is 45.1 Å². The molecular formula is C15H20F2O. The number of halogens is 2. The third-order valence-electron chi connectivity index (χ3n) is 4.20. The van der Waals surface area contributed by atoms with Crippen molar-refractivity contribution < 1.29 is 13.9 Å². The van der Waals surface area contributed by atoms with Gasteiger partial charge in [0.25, 0.3) is 0 Å². The number of rotatable bonds is 3. The van der Waals surface area contributed by atoms with Crippen LogP contribution >= 0.6 is 0 Å². The fourth-order valence-corrected chi connectivity index (χ4v) is 2.88. The second-order valence-corrected chi connectivity index (χ2v) is 5.31. The maximum atomic E-state index is 13.1. The maximum Gasteiger partial charge on any atom is 0.159 e. The molecule has 1 aromatic rings. The molecule has 1 atom stereocenters. The predicted molar refractivity (Wildman–Crippen MR) is 67.1 cm³/mol. The molecule has 0 aromatic heterocycles. The highest BCUT2D eigenvalue weighted by atomic mass is 19.2. The molecule has 0 radical (unpaired) electrons. The highest BCUT2D eigenvalue weighted by Gasteiger charge is 2.27. The van der Waals surface area contributed by atoms with Crippen LogP contribution in [0, 0.1) is 23.5 Å². The van der Waals surface area contributed by atoms with Crippen molar-refractivity contribution in [1.29, 1.82) is 0 Å². The van der Waals surface area contributed by atoms with E-state index in [1.807, 2.05) is 0 Å². The molecule has 0 amide bonds. The van der Waals surface area contributed by atoms with Crippen molar-refractivity contribution in [1.82, 2.24) is 0 Å². The first-order valence-corrected chi connectivity index (χ1v) is 6.74. The number of benzene rings is 1. The number of hydrogen-bond donors (Lipinski definition) is 1. The minimum atomic E-state index is -0.881. The fourth-order valence-electron chi connectivity index (χ4n) is 2.88. The lowest BCUT2D eigenvalue weighted by molar-refractivity contribution is 0.0726. The molecule has 1 N–H and O–H groups in total. The van der Waals surface area contributed by atoms with Crippen LogP contribution < -0.4 is 0 Å². The Morgan fingerprint density at radius 3 is 2.39 bits per heavy atom. The Bertz CT molecular complexity index is 397. The van der Waals surface area contributed by atoms with Crippen molar-refractivity contribution in [2.75, 3.05) is 0 Å². The average molecular weight is 254 g/mol. The Hall–Kier alpha value is -0.960. The van der Waals surface area contributed by atoms with Gasteiger partial charge in [-0.05, 0) is 42.4 Å². The van der Waals surface area contributed by atoms with Crippen LogP contribution in [-0.4, -0.2) is 5.11 Å². The Morgan fingerprint density at radius 1 is 1.17 bits per heavy atom. The maximum absolute atomic E-state index is 13.1. The molecular weight excluding hydrogens is 234 g/mol. The van der Waals surface area contributed by atoms with Gasteiger partial charge in [0, 0.05) is 0 Å². The highest BCUT2D eigenvalue weighted by molar-refractivity contribution is 5.20. The van der Waals surface area contributed by atoms with Crippen molar-refractivity contribution >= 4 is 0 Å². The first kappa shape index (κ1) is 13.5. The number of aliphatic hydroxyl groups excluding tert-OH is 1. The molecule has 0 aliphatic heterocycles. The summed E-state index contributed by atoms with van der Waals surface area (Å²) in [6, 6.07) is 3.69. The summed E-state index contributed by atoms with van der Waals surface area (Å²) < 4.78 is 26.0. The van der Waals surface area contributed by atoms with Crippen molar-refractivity contribution in [2.24, 2.45) is 11.8 Å². The molecule has 1 fully saturated rings. The third-order valence-corrected chi connectivity index (χ3v) is 4.20. The topological polar surface area (TPSA) is 20.2 Å². The van der Waals surface area contributed by atoms with E-state index in [4.69, 9.17) is 0 Å². The number of aliphatic hydroxyl groups is 1. The van der Waals surface area contributed by atoms with Crippen LogP contribution in [0.25, 0.3) is 0 Å². The van der Waals surface area contributed by atoms with Gasteiger partial charge < -0.3 is 5.11 Å². The van der Waals surface area contributed by atoms with Gasteiger partial charge in [0.1, 0.15) is 0 Å². The first-order valence-electron chi connectivity index (χ1n) is 6.74. The fraction of sp³-hybridized carbons (Fsp3) is 0.600. The van der Waals surface area contributed by atoms with Gasteiger partial charge in [0.15, 0.2) is 11.6 Å². The lowest BCUT2D eigenvalue weighted by Gasteiger charge is -2.31. The van der Waals surface area contributed by atoms with Gasteiger partial charge in [-0.15, -0.1) is 0 Å². The van der Waals surface area contributed by atoms with E-state index in [1.54, 1.807) is 0 Å². The van der Waals surface area contributed by atoms with Gasteiger partial charge >= 0.3 is 0 Å². The highest BCUT2D eigenvalue weighted by Crippen LogP contribution is 2.38. The van der Waals surface area contributed by atoms with Crippen LogP contribution in [0.15, 0.2) is 18.2 Å². The summed E-state index contributed by atoms with van der Waals surface area (Å²) in [7, 11) is 0. The van der Waals surface area contributed by atoms with Gasteiger partial charge in [-0.2, -0.15) is 0 Å². The Morgan fingerprint density at radius 2 is 1.83 bits per heavy atom. The van der Waals surface area contributed by atoms with E-state index in [2.05, 4.69) is 6.92 Å². The van der Waals surface area contributed by atoms with Crippen LogP contribution in [0.2, 0.25) is 0 Å². The third kappa shape index (κ3) is 2.89. The monoisotopic (exact) mass is 254 g/mol. The molecule has 1 unspecified atom stereocenters. The summed E-state index contributed by atoms with van der Waals surface area (Å²) in [5.74, 6) is -0.800. The molecule has 3 heteroatoms. The van der Waals surface area contributed by atoms with E-state index in [0.717, 1.165) is 43.7 Å². The van der Waals surface area contributed by atoms with Crippen LogP contribution in [0.5, 0.6) is 0 Å². The lowest BCUT2D eigenvalue weighted by atomic mass is 9.77. The molecule has 1 saturated carbocycles. The SMILES string of the molecule is CCC1CCC(C(O)c2ccc(F)c(F)c2)CC1. The molecule has 0 heterocycles. The summed E-state index contributed by atoms with van der Waals surface area (Å²) in [6.07, 6.45) is 4.72. The smallest absolute Gasteiger partial charge is 0.159 e. The number of hydrogen-bond acceptors (Lipinski definition) is 1. The van der Waals surface area contributed by atoms with Crippen molar-refractivity contribution in [3.8, 4) is 0 Å². The van der Waals surface area contributed by atoms with Gasteiger partial charge in [-0.1, -0.05) is 32.3 Å². The van der Waals surface area contributed by atoms with Crippen LogP contribution in [0.1, 0.15) is 50.7 Å². The van der Waals surface area contributed by atoms with Crippen molar-refractivity contribution in [3.05, 3.63) is 35.4 Å².